The molecule has 2 amide bonds. The van der Waals surface area contributed by atoms with E-state index in [0.29, 0.717) is 26.1 Å². The highest BCUT2D eigenvalue weighted by Gasteiger charge is 2.24. The molecule has 5 heteroatoms. The van der Waals surface area contributed by atoms with E-state index in [-0.39, 0.29) is 29.7 Å². The van der Waals surface area contributed by atoms with Gasteiger partial charge < -0.3 is 14.2 Å². The molecule has 0 saturated carbocycles. The van der Waals surface area contributed by atoms with Crippen LogP contribution in [0.1, 0.15) is 65.2 Å². The highest BCUT2D eigenvalue weighted by atomic mass is 16.3. The van der Waals surface area contributed by atoms with Gasteiger partial charge in [0, 0.05) is 19.5 Å². The van der Waals surface area contributed by atoms with Crippen molar-refractivity contribution in [3.63, 3.8) is 0 Å². The van der Waals surface area contributed by atoms with E-state index in [0.717, 1.165) is 24.2 Å². The third-order valence-corrected chi connectivity index (χ3v) is 5.15. The normalized spacial score (nSPS) is 12.4. The summed E-state index contributed by atoms with van der Waals surface area (Å²) in [6.07, 6.45) is 3.89. The van der Waals surface area contributed by atoms with Gasteiger partial charge in [0.2, 0.25) is 11.8 Å². The van der Waals surface area contributed by atoms with E-state index in [1.807, 2.05) is 49.4 Å². The van der Waals surface area contributed by atoms with Crippen LogP contribution in [0, 0.1) is 11.3 Å². The van der Waals surface area contributed by atoms with E-state index in [1.165, 1.54) is 0 Å². The number of nitrogens with zero attached hydrogens (tertiary/aromatic N) is 2. The van der Waals surface area contributed by atoms with Gasteiger partial charge in [-0.05, 0) is 41.9 Å². The molecule has 1 aromatic carbocycles. The minimum absolute atomic E-state index is 0.0598. The number of furan rings is 1. The molecule has 2 rings (SSSR count). The highest BCUT2D eigenvalue weighted by molar-refractivity contribution is 5.85. The summed E-state index contributed by atoms with van der Waals surface area (Å²) >= 11 is 0. The van der Waals surface area contributed by atoms with Gasteiger partial charge in [-0.3, -0.25) is 9.59 Å². The molecule has 31 heavy (non-hydrogen) atoms. The molecule has 0 aliphatic carbocycles. The van der Waals surface area contributed by atoms with Gasteiger partial charge in [-0.15, -0.1) is 0 Å². The molecule has 2 aromatic rings. The van der Waals surface area contributed by atoms with Gasteiger partial charge >= 0.3 is 0 Å². The van der Waals surface area contributed by atoms with Crippen LogP contribution in [0.15, 0.2) is 53.1 Å². The van der Waals surface area contributed by atoms with Crippen LogP contribution in [0.4, 0.5) is 0 Å². The topological polar surface area (TPSA) is 53.8 Å². The molecule has 0 radical (unpaired) electrons. The summed E-state index contributed by atoms with van der Waals surface area (Å²) in [6, 6.07) is 13.6. The van der Waals surface area contributed by atoms with Gasteiger partial charge in [-0.2, -0.15) is 0 Å². The highest BCUT2D eigenvalue weighted by Crippen LogP contribution is 2.26. The van der Waals surface area contributed by atoms with Gasteiger partial charge in [-0.1, -0.05) is 65.0 Å². The molecular formula is C26H38N2O3. The lowest BCUT2D eigenvalue weighted by molar-refractivity contribution is -0.142. The Hall–Kier alpha value is -2.56. The Morgan fingerprint density at radius 2 is 1.68 bits per heavy atom. The monoisotopic (exact) mass is 426 g/mol. The van der Waals surface area contributed by atoms with Crippen molar-refractivity contribution >= 4 is 11.8 Å². The maximum atomic E-state index is 13.3. The molecule has 170 valence electrons. The smallest absolute Gasteiger partial charge is 0.242 e. The lowest BCUT2D eigenvalue weighted by atomic mass is 9.84. The third-order valence-electron chi connectivity index (χ3n) is 5.15. The Bertz CT molecular complexity index is 794. The van der Waals surface area contributed by atoms with Crippen molar-refractivity contribution in [2.75, 3.05) is 13.1 Å². The van der Waals surface area contributed by atoms with E-state index in [4.69, 9.17) is 4.42 Å². The average molecular weight is 427 g/mol. The van der Waals surface area contributed by atoms with Gasteiger partial charge in [0.1, 0.15) is 5.76 Å². The van der Waals surface area contributed by atoms with Gasteiger partial charge in [-0.25, -0.2) is 0 Å². The molecule has 0 N–H and O–H groups in total. The lowest BCUT2D eigenvalue weighted by Gasteiger charge is -2.29. The van der Waals surface area contributed by atoms with Crippen molar-refractivity contribution in [2.24, 2.45) is 11.3 Å². The van der Waals surface area contributed by atoms with Crippen LogP contribution in [-0.4, -0.2) is 34.7 Å². The van der Waals surface area contributed by atoms with Crippen molar-refractivity contribution < 1.29 is 14.0 Å². The fraction of sp³-hybridized carbons (Fsp3) is 0.538. The van der Waals surface area contributed by atoms with Gasteiger partial charge in [0.15, 0.2) is 0 Å². The molecule has 5 nitrogen and oxygen atoms in total. The molecular weight excluding hydrogens is 388 g/mol. The fourth-order valence-electron chi connectivity index (χ4n) is 4.00. The summed E-state index contributed by atoms with van der Waals surface area (Å²) in [4.78, 5) is 29.8. The Balaban J connectivity index is 2.08. The minimum atomic E-state index is -0.0643. The van der Waals surface area contributed by atoms with Crippen LogP contribution in [-0.2, 0) is 22.7 Å². The van der Waals surface area contributed by atoms with E-state index in [9.17, 15) is 9.59 Å². The van der Waals surface area contributed by atoms with E-state index in [1.54, 1.807) is 16.1 Å². The quantitative estimate of drug-likeness (QED) is 0.476. The number of amides is 2. The fourth-order valence-corrected chi connectivity index (χ4v) is 4.00. The second-order valence-corrected chi connectivity index (χ2v) is 9.70. The molecule has 0 aliphatic rings. The summed E-state index contributed by atoms with van der Waals surface area (Å²) in [6.45, 7) is 12.3. The van der Waals surface area contributed by atoms with Crippen molar-refractivity contribution in [2.45, 2.75) is 67.0 Å². The second-order valence-electron chi connectivity index (χ2n) is 9.70. The summed E-state index contributed by atoms with van der Waals surface area (Å²) in [5.74, 6) is 1.01. The summed E-state index contributed by atoms with van der Waals surface area (Å²) in [7, 11) is 0. The first-order valence-corrected chi connectivity index (χ1v) is 11.3. The van der Waals surface area contributed by atoms with Crippen LogP contribution in [0.3, 0.4) is 0 Å². The number of carbonyl (C=O) groups excluding carboxylic acids is 2. The first-order valence-electron chi connectivity index (χ1n) is 11.3. The molecule has 0 unspecified atom stereocenters. The third kappa shape index (κ3) is 8.99. The number of hydrogen-bond donors (Lipinski definition) is 0. The number of rotatable bonds is 11. The molecule has 0 fully saturated rings. The van der Waals surface area contributed by atoms with Crippen LogP contribution in [0.5, 0.6) is 0 Å². The predicted molar refractivity (Wildman–Crippen MR) is 124 cm³/mol. The molecule has 0 saturated heterocycles. The van der Waals surface area contributed by atoms with E-state index in [2.05, 4.69) is 27.7 Å². The van der Waals surface area contributed by atoms with Crippen molar-refractivity contribution in [1.82, 2.24) is 9.80 Å². The number of carbonyl (C=O) groups is 2. The Kier molecular flexibility index (Phi) is 9.35. The predicted octanol–water partition coefficient (Wildman–Crippen LogP) is 5.51. The SMILES string of the molecule is CCCN(CC(=O)N(Cc1ccccc1)Cc1ccco1)C(=O)C[C@@H](C)CC(C)(C)C. The van der Waals surface area contributed by atoms with Crippen LogP contribution >= 0.6 is 0 Å². The second kappa shape index (κ2) is 11.7. The largest absolute Gasteiger partial charge is 0.467 e. The molecule has 1 heterocycles. The molecule has 0 bridgehead atoms. The zero-order valence-corrected chi connectivity index (χ0v) is 19.8. The van der Waals surface area contributed by atoms with E-state index < -0.39 is 0 Å². The molecule has 1 aromatic heterocycles. The van der Waals surface area contributed by atoms with Gasteiger partial charge in [0.05, 0.1) is 19.4 Å². The zero-order valence-electron chi connectivity index (χ0n) is 19.8. The Morgan fingerprint density at radius 3 is 2.26 bits per heavy atom. The molecule has 1 atom stereocenters. The van der Waals surface area contributed by atoms with Crippen LogP contribution in [0.2, 0.25) is 0 Å². The first kappa shape index (κ1) is 24.7. The van der Waals surface area contributed by atoms with Crippen molar-refractivity contribution in [1.29, 1.82) is 0 Å². The Morgan fingerprint density at radius 1 is 0.968 bits per heavy atom. The Labute approximate surface area is 187 Å². The molecule has 0 aliphatic heterocycles. The number of hydrogen-bond acceptors (Lipinski definition) is 3. The number of benzene rings is 1. The lowest BCUT2D eigenvalue weighted by Crippen LogP contribution is -2.43. The average Bonchev–Trinajstić information content (AvgIpc) is 3.19. The van der Waals surface area contributed by atoms with E-state index >= 15 is 0 Å². The minimum Gasteiger partial charge on any atom is -0.467 e. The maximum Gasteiger partial charge on any atom is 0.242 e. The van der Waals surface area contributed by atoms with Gasteiger partial charge in [0.25, 0.3) is 0 Å². The summed E-state index contributed by atoms with van der Waals surface area (Å²) in [5.41, 5.74) is 1.23. The van der Waals surface area contributed by atoms with Crippen LogP contribution in [0.25, 0.3) is 0 Å². The summed E-state index contributed by atoms with van der Waals surface area (Å²) < 4.78 is 5.48. The van der Waals surface area contributed by atoms with Crippen molar-refractivity contribution in [3.05, 3.63) is 60.1 Å². The van der Waals surface area contributed by atoms with Crippen LogP contribution < -0.4 is 0 Å². The van der Waals surface area contributed by atoms with Crippen molar-refractivity contribution in [3.8, 4) is 0 Å². The summed E-state index contributed by atoms with van der Waals surface area (Å²) in [5, 5.41) is 0. The first-order chi connectivity index (χ1) is 14.7. The molecule has 0 spiro atoms. The zero-order chi connectivity index (χ0) is 22.9. The standard InChI is InChI=1S/C26H38N2O3/c1-6-14-27(24(29)16-21(2)17-26(3,4)5)20-25(30)28(19-23-13-10-15-31-23)18-22-11-8-7-9-12-22/h7-13,15,21H,6,14,16-20H2,1-5H3/t21-/m1/s1. The maximum absolute atomic E-state index is 13.3.